The van der Waals surface area contributed by atoms with E-state index in [9.17, 15) is 4.79 Å². The molecule has 1 amide bonds. The standard InChI is InChI=1S/C18H17NO2/c1-14-9-11-16(12-10-14)6-5-13-21-18-8-4-3-7-17(18)19-15(2)20/h3-4,7-12H,13H2,1-2H3,(H,19,20). The van der Waals surface area contributed by atoms with Crippen molar-refractivity contribution in [2.75, 3.05) is 11.9 Å². The van der Waals surface area contributed by atoms with E-state index in [4.69, 9.17) is 4.74 Å². The molecular weight excluding hydrogens is 262 g/mol. The Balaban J connectivity index is 1.98. The minimum Gasteiger partial charge on any atom is -0.479 e. The lowest BCUT2D eigenvalue weighted by atomic mass is 10.2. The van der Waals surface area contributed by atoms with Crippen LogP contribution in [0.1, 0.15) is 18.1 Å². The maximum absolute atomic E-state index is 11.1. The molecular formula is C18H17NO2. The van der Waals surface area contributed by atoms with Crippen molar-refractivity contribution in [1.29, 1.82) is 0 Å². The van der Waals surface area contributed by atoms with E-state index in [0.29, 0.717) is 11.4 Å². The molecule has 0 heterocycles. The molecule has 1 N–H and O–H groups in total. The molecule has 0 atom stereocenters. The van der Waals surface area contributed by atoms with Crippen LogP contribution in [-0.4, -0.2) is 12.5 Å². The predicted octanol–water partition coefficient (Wildman–Crippen LogP) is 3.38. The number of para-hydroxylation sites is 2. The maximum Gasteiger partial charge on any atom is 0.221 e. The molecule has 0 fully saturated rings. The van der Waals surface area contributed by atoms with Crippen molar-refractivity contribution in [2.45, 2.75) is 13.8 Å². The number of rotatable bonds is 3. The Kier molecular flexibility index (Phi) is 5.00. The van der Waals surface area contributed by atoms with Crippen LogP contribution in [0.5, 0.6) is 5.75 Å². The van der Waals surface area contributed by atoms with E-state index in [1.54, 1.807) is 12.1 Å². The Bertz CT molecular complexity index is 678. The number of benzene rings is 2. The highest BCUT2D eigenvalue weighted by molar-refractivity contribution is 5.90. The fraction of sp³-hybridized carbons (Fsp3) is 0.167. The second kappa shape index (κ2) is 7.16. The molecule has 0 spiro atoms. The zero-order chi connectivity index (χ0) is 15.1. The molecule has 0 unspecified atom stereocenters. The second-order valence-electron chi connectivity index (χ2n) is 4.63. The van der Waals surface area contributed by atoms with Gasteiger partial charge >= 0.3 is 0 Å². The van der Waals surface area contributed by atoms with Crippen molar-refractivity contribution in [3.05, 3.63) is 59.7 Å². The summed E-state index contributed by atoms with van der Waals surface area (Å²) < 4.78 is 5.60. The van der Waals surface area contributed by atoms with Crippen molar-refractivity contribution in [1.82, 2.24) is 0 Å². The van der Waals surface area contributed by atoms with Gasteiger partial charge in [0.2, 0.25) is 5.91 Å². The van der Waals surface area contributed by atoms with E-state index in [1.165, 1.54) is 12.5 Å². The SMILES string of the molecule is CC(=O)Nc1ccccc1OCC#Cc1ccc(C)cc1. The van der Waals surface area contributed by atoms with E-state index in [-0.39, 0.29) is 12.5 Å². The number of amides is 1. The molecule has 0 aromatic heterocycles. The third-order valence-electron chi connectivity index (χ3n) is 2.78. The summed E-state index contributed by atoms with van der Waals surface area (Å²) in [5, 5.41) is 2.73. The monoisotopic (exact) mass is 279 g/mol. The van der Waals surface area contributed by atoms with Crippen molar-refractivity contribution in [3.63, 3.8) is 0 Å². The van der Waals surface area contributed by atoms with Gasteiger partial charge < -0.3 is 10.1 Å². The zero-order valence-electron chi connectivity index (χ0n) is 12.1. The number of ether oxygens (including phenoxy) is 1. The number of nitrogens with one attached hydrogen (secondary N) is 1. The van der Waals surface area contributed by atoms with Crippen LogP contribution in [0, 0.1) is 18.8 Å². The molecule has 0 aliphatic carbocycles. The minimum absolute atomic E-state index is 0.128. The molecule has 106 valence electrons. The average Bonchev–Trinajstić information content (AvgIpc) is 2.46. The van der Waals surface area contributed by atoms with Crippen LogP contribution < -0.4 is 10.1 Å². The van der Waals surface area contributed by atoms with Gasteiger partial charge in [0.05, 0.1) is 5.69 Å². The fourth-order valence-corrected chi connectivity index (χ4v) is 1.77. The Morgan fingerprint density at radius 2 is 1.86 bits per heavy atom. The highest BCUT2D eigenvalue weighted by Crippen LogP contribution is 2.23. The van der Waals surface area contributed by atoms with Gasteiger partial charge in [0.15, 0.2) is 0 Å². The molecule has 3 heteroatoms. The summed E-state index contributed by atoms with van der Waals surface area (Å²) in [4.78, 5) is 11.1. The average molecular weight is 279 g/mol. The molecule has 2 rings (SSSR count). The lowest BCUT2D eigenvalue weighted by molar-refractivity contribution is -0.114. The van der Waals surface area contributed by atoms with Crippen molar-refractivity contribution in [3.8, 4) is 17.6 Å². The van der Waals surface area contributed by atoms with Gasteiger partial charge in [0, 0.05) is 12.5 Å². The third-order valence-corrected chi connectivity index (χ3v) is 2.78. The summed E-state index contributed by atoms with van der Waals surface area (Å²) in [5.41, 5.74) is 2.82. The number of hydrogen-bond donors (Lipinski definition) is 1. The largest absolute Gasteiger partial charge is 0.479 e. The van der Waals surface area contributed by atoms with Crippen LogP contribution in [0.15, 0.2) is 48.5 Å². The fourth-order valence-electron chi connectivity index (χ4n) is 1.77. The summed E-state index contributed by atoms with van der Waals surface area (Å²) in [6, 6.07) is 15.3. The summed E-state index contributed by atoms with van der Waals surface area (Å²) in [6.07, 6.45) is 0. The quantitative estimate of drug-likeness (QED) is 0.875. The van der Waals surface area contributed by atoms with E-state index in [2.05, 4.69) is 17.2 Å². The highest BCUT2D eigenvalue weighted by atomic mass is 16.5. The first-order valence-electron chi connectivity index (χ1n) is 6.70. The highest BCUT2D eigenvalue weighted by Gasteiger charge is 2.02. The zero-order valence-corrected chi connectivity index (χ0v) is 12.1. The van der Waals surface area contributed by atoms with Gasteiger partial charge in [-0.25, -0.2) is 0 Å². The van der Waals surface area contributed by atoms with E-state index >= 15 is 0 Å². The molecule has 0 saturated heterocycles. The number of carbonyl (C=O) groups is 1. The van der Waals surface area contributed by atoms with Crippen LogP contribution in [0.3, 0.4) is 0 Å². The first-order chi connectivity index (χ1) is 10.1. The third kappa shape index (κ3) is 4.70. The van der Waals surface area contributed by atoms with E-state index in [0.717, 1.165) is 5.56 Å². The van der Waals surface area contributed by atoms with Crippen LogP contribution in [0.25, 0.3) is 0 Å². The van der Waals surface area contributed by atoms with Crippen LogP contribution in [-0.2, 0) is 4.79 Å². The second-order valence-corrected chi connectivity index (χ2v) is 4.63. The number of anilines is 1. The Morgan fingerprint density at radius 3 is 2.57 bits per heavy atom. The summed E-state index contributed by atoms with van der Waals surface area (Å²) in [6.45, 7) is 3.78. The minimum atomic E-state index is -0.128. The summed E-state index contributed by atoms with van der Waals surface area (Å²) >= 11 is 0. The molecule has 2 aromatic carbocycles. The van der Waals surface area contributed by atoms with Crippen LogP contribution in [0.4, 0.5) is 5.69 Å². The first kappa shape index (κ1) is 14.7. The molecule has 0 bridgehead atoms. The Hall–Kier alpha value is -2.73. The van der Waals surface area contributed by atoms with E-state index < -0.39 is 0 Å². The van der Waals surface area contributed by atoms with Crippen LogP contribution >= 0.6 is 0 Å². The molecule has 0 aliphatic heterocycles. The molecule has 0 radical (unpaired) electrons. The van der Waals surface area contributed by atoms with Crippen LogP contribution in [0.2, 0.25) is 0 Å². The molecule has 0 saturated carbocycles. The van der Waals surface area contributed by atoms with Gasteiger partial charge in [-0.15, -0.1) is 0 Å². The van der Waals surface area contributed by atoms with Gasteiger partial charge in [0.1, 0.15) is 12.4 Å². The first-order valence-corrected chi connectivity index (χ1v) is 6.70. The van der Waals surface area contributed by atoms with Gasteiger partial charge in [-0.3, -0.25) is 4.79 Å². The molecule has 3 nitrogen and oxygen atoms in total. The Morgan fingerprint density at radius 1 is 1.14 bits per heavy atom. The lowest BCUT2D eigenvalue weighted by Gasteiger charge is -2.09. The van der Waals surface area contributed by atoms with E-state index in [1.807, 2.05) is 43.3 Å². The summed E-state index contributed by atoms with van der Waals surface area (Å²) in [7, 11) is 0. The van der Waals surface area contributed by atoms with Gasteiger partial charge in [-0.1, -0.05) is 41.7 Å². The van der Waals surface area contributed by atoms with Crippen molar-refractivity contribution < 1.29 is 9.53 Å². The normalized spacial score (nSPS) is 9.43. The predicted molar refractivity (Wildman–Crippen MR) is 84.3 cm³/mol. The molecule has 0 aliphatic rings. The van der Waals surface area contributed by atoms with Gasteiger partial charge in [-0.2, -0.15) is 0 Å². The lowest BCUT2D eigenvalue weighted by Crippen LogP contribution is -2.07. The summed E-state index contributed by atoms with van der Waals surface area (Å²) in [5.74, 6) is 6.49. The molecule has 2 aromatic rings. The Labute approximate surface area is 125 Å². The smallest absolute Gasteiger partial charge is 0.221 e. The van der Waals surface area contributed by atoms with Crippen molar-refractivity contribution in [2.24, 2.45) is 0 Å². The number of carbonyl (C=O) groups excluding carboxylic acids is 1. The molecule has 21 heavy (non-hydrogen) atoms. The van der Waals surface area contributed by atoms with Gasteiger partial charge in [-0.05, 0) is 31.2 Å². The maximum atomic E-state index is 11.1. The topological polar surface area (TPSA) is 38.3 Å². The van der Waals surface area contributed by atoms with Crippen molar-refractivity contribution >= 4 is 11.6 Å². The number of aryl methyl sites for hydroxylation is 1. The van der Waals surface area contributed by atoms with Gasteiger partial charge in [0.25, 0.3) is 0 Å². The number of hydrogen-bond acceptors (Lipinski definition) is 2.